The molecule has 1 aliphatic carbocycles. The van der Waals surface area contributed by atoms with Crippen molar-refractivity contribution in [3.63, 3.8) is 0 Å². The Balaban J connectivity index is 1.06. The first-order valence-corrected chi connectivity index (χ1v) is 23.2. The summed E-state index contributed by atoms with van der Waals surface area (Å²) >= 11 is 0. The van der Waals surface area contributed by atoms with Gasteiger partial charge in [0.1, 0.15) is 0 Å². The molecule has 0 unspecified atom stereocenters. The Morgan fingerprint density at radius 2 is 0.691 bits per heavy atom. The molecular weight excluding hydrogens is 825 g/mol. The van der Waals surface area contributed by atoms with Crippen molar-refractivity contribution in [3.8, 4) is 78.7 Å². The van der Waals surface area contributed by atoms with Crippen LogP contribution in [0.3, 0.4) is 0 Å². The molecule has 11 aromatic rings. The van der Waals surface area contributed by atoms with Crippen molar-refractivity contribution in [2.24, 2.45) is 0 Å². The first kappa shape index (κ1) is 39.4. The van der Waals surface area contributed by atoms with E-state index in [4.69, 9.17) is 15.0 Å². The normalized spacial score (nSPS) is 12.8. The van der Waals surface area contributed by atoms with E-state index in [2.05, 4.69) is 223 Å². The van der Waals surface area contributed by atoms with Crippen LogP contribution in [0.4, 0.5) is 17.1 Å². The number of hydrogen-bond acceptors (Lipinski definition) is 4. The summed E-state index contributed by atoms with van der Waals surface area (Å²) in [6, 6.07) is 91.3. The van der Waals surface area contributed by atoms with Crippen LogP contribution < -0.4 is 4.90 Å². The van der Waals surface area contributed by atoms with Crippen molar-refractivity contribution >= 4 is 17.1 Å². The number of fused-ring (bicyclic) bond motifs is 9. The van der Waals surface area contributed by atoms with Crippen LogP contribution in [0.2, 0.25) is 0 Å². The topological polar surface area (TPSA) is 41.9 Å². The summed E-state index contributed by atoms with van der Waals surface area (Å²) in [7, 11) is 0. The molecule has 1 aliphatic heterocycles. The largest absolute Gasteiger partial charge is 0.310 e. The molecule has 2 heterocycles. The summed E-state index contributed by atoms with van der Waals surface area (Å²) in [5.74, 6) is 1.90. The SMILES string of the molecule is c1ccc(-c2nc(-c3ccccc3)nc(-c3cccc4c3-c3cc(-c5ccc(-c6ccccc6-c6ccccc6)cc5)ccc3C43c4ccccc4N(c4ccccc4)c4ccccc43)n2)cc1. The second-order valence-corrected chi connectivity index (χ2v) is 17.5. The number of anilines is 3. The van der Waals surface area contributed by atoms with E-state index >= 15 is 0 Å². The maximum absolute atomic E-state index is 5.34. The highest BCUT2D eigenvalue weighted by atomic mass is 15.2. The van der Waals surface area contributed by atoms with Crippen molar-refractivity contribution in [2.45, 2.75) is 5.41 Å². The molecule has 0 amide bonds. The summed E-state index contributed by atoms with van der Waals surface area (Å²) in [4.78, 5) is 18.2. The van der Waals surface area contributed by atoms with Crippen molar-refractivity contribution in [1.82, 2.24) is 15.0 Å². The van der Waals surface area contributed by atoms with E-state index in [1.54, 1.807) is 0 Å². The quantitative estimate of drug-likeness (QED) is 0.160. The van der Waals surface area contributed by atoms with Gasteiger partial charge in [-0.25, -0.2) is 15.0 Å². The van der Waals surface area contributed by atoms with Crippen LogP contribution in [0, 0.1) is 0 Å². The standard InChI is InChI=1S/C64H42N4/c1-5-20-44(21-6-1)50-28-13-14-29-51(50)45-38-36-43(37-39-45)48-40-41-54-53(42-48)60-52(63-66-61(46-22-7-2-8-23-46)65-62(67-63)47-24-9-3-10-25-47)30-19-33-57(60)64(54)55-31-15-17-34-58(55)68(49-26-11-4-12-27-49)59-35-18-16-32-56(59)64/h1-42H. The number of rotatable bonds is 7. The lowest BCUT2D eigenvalue weighted by atomic mass is 9.64. The molecule has 318 valence electrons. The van der Waals surface area contributed by atoms with Gasteiger partial charge in [-0.3, -0.25) is 0 Å². The molecule has 2 aliphatic rings. The Morgan fingerprint density at radius 3 is 1.28 bits per heavy atom. The first-order valence-electron chi connectivity index (χ1n) is 23.2. The Bertz CT molecular complexity index is 3560. The van der Waals surface area contributed by atoms with Gasteiger partial charge < -0.3 is 4.90 Å². The lowest BCUT2D eigenvalue weighted by Crippen LogP contribution is -2.36. The van der Waals surface area contributed by atoms with E-state index in [9.17, 15) is 0 Å². The van der Waals surface area contributed by atoms with Crippen LogP contribution in [0.15, 0.2) is 255 Å². The zero-order valence-corrected chi connectivity index (χ0v) is 37.0. The zero-order chi connectivity index (χ0) is 45.0. The highest BCUT2D eigenvalue weighted by molar-refractivity contribution is 6.00. The molecule has 0 radical (unpaired) electrons. The predicted octanol–water partition coefficient (Wildman–Crippen LogP) is 16.0. The second kappa shape index (κ2) is 16.2. The third kappa shape index (κ3) is 6.26. The van der Waals surface area contributed by atoms with Gasteiger partial charge in [-0.1, -0.05) is 224 Å². The predicted molar refractivity (Wildman–Crippen MR) is 278 cm³/mol. The van der Waals surface area contributed by atoms with Crippen molar-refractivity contribution < 1.29 is 0 Å². The van der Waals surface area contributed by atoms with E-state index in [-0.39, 0.29) is 0 Å². The average Bonchev–Trinajstić information content (AvgIpc) is 3.72. The van der Waals surface area contributed by atoms with Gasteiger partial charge in [0.15, 0.2) is 17.5 Å². The summed E-state index contributed by atoms with van der Waals surface area (Å²) in [5.41, 5.74) is 19.8. The van der Waals surface area contributed by atoms with Crippen LogP contribution in [-0.4, -0.2) is 15.0 Å². The molecule has 1 spiro atoms. The summed E-state index contributed by atoms with van der Waals surface area (Å²) in [5, 5.41) is 0. The molecule has 4 heteroatoms. The average molecular weight is 867 g/mol. The summed E-state index contributed by atoms with van der Waals surface area (Å²) in [6.07, 6.45) is 0. The zero-order valence-electron chi connectivity index (χ0n) is 37.0. The first-order chi connectivity index (χ1) is 33.7. The smallest absolute Gasteiger partial charge is 0.164 e. The number of hydrogen-bond donors (Lipinski definition) is 0. The third-order valence-corrected chi connectivity index (χ3v) is 13.8. The lowest BCUT2D eigenvalue weighted by molar-refractivity contribution is 0.753. The van der Waals surface area contributed by atoms with Gasteiger partial charge in [-0.2, -0.15) is 0 Å². The summed E-state index contributed by atoms with van der Waals surface area (Å²) < 4.78 is 0. The highest BCUT2D eigenvalue weighted by Gasteiger charge is 2.52. The van der Waals surface area contributed by atoms with Crippen LogP contribution in [0.25, 0.3) is 78.7 Å². The number of aromatic nitrogens is 3. The molecule has 0 N–H and O–H groups in total. The Hall–Kier alpha value is -8.99. The van der Waals surface area contributed by atoms with Gasteiger partial charge in [0.25, 0.3) is 0 Å². The van der Waals surface area contributed by atoms with Gasteiger partial charge in [-0.15, -0.1) is 0 Å². The van der Waals surface area contributed by atoms with Gasteiger partial charge >= 0.3 is 0 Å². The van der Waals surface area contributed by atoms with Gasteiger partial charge in [0, 0.05) is 22.4 Å². The van der Waals surface area contributed by atoms with E-state index in [0.29, 0.717) is 17.5 Å². The molecule has 0 fully saturated rings. The fourth-order valence-electron chi connectivity index (χ4n) is 10.8. The second-order valence-electron chi connectivity index (χ2n) is 17.5. The van der Waals surface area contributed by atoms with Crippen LogP contribution >= 0.6 is 0 Å². The molecule has 13 rings (SSSR count). The molecule has 0 atom stereocenters. The maximum atomic E-state index is 5.34. The van der Waals surface area contributed by atoms with Gasteiger partial charge in [-0.05, 0) is 97.1 Å². The van der Waals surface area contributed by atoms with Crippen LogP contribution in [-0.2, 0) is 5.41 Å². The number of benzene rings is 10. The molecule has 1 aromatic heterocycles. The Morgan fingerprint density at radius 1 is 0.265 bits per heavy atom. The minimum atomic E-state index is -0.666. The fourth-order valence-corrected chi connectivity index (χ4v) is 10.8. The van der Waals surface area contributed by atoms with Crippen LogP contribution in [0.5, 0.6) is 0 Å². The highest BCUT2D eigenvalue weighted by Crippen LogP contribution is 2.64. The van der Waals surface area contributed by atoms with Gasteiger partial charge in [0.05, 0.1) is 16.8 Å². The van der Waals surface area contributed by atoms with Crippen molar-refractivity contribution in [2.75, 3.05) is 4.90 Å². The maximum Gasteiger partial charge on any atom is 0.164 e. The van der Waals surface area contributed by atoms with E-state index < -0.39 is 5.41 Å². The molecule has 10 aromatic carbocycles. The molecule has 0 saturated heterocycles. The molecule has 0 saturated carbocycles. The molecule has 0 bridgehead atoms. The molecular formula is C64H42N4. The molecule has 68 heavy (non-hydrogen) atoms. The number of para-hydroxylation sites is 3. The van der Waals surface area contributed by atoms with Crippen molar-refractivity contribution in [3.05, 3.63) is 277 Å². The monoisotopic (exact) mass is 866 g/mol. The minimum Gasteiger partial charge on any atom is -0.310 e. The lowest BCUT2D eigenvalue weighted by Gasteiger charge is -2.45. The minimum absolute atomic E-state index is 0.632. The fraction of sp³-hybridized carbons (Fsp3) is 0.0156. The number of nitrogens with zero attached hydrogens (tertiary/aromatic N) is 4. The third-order valence-electron chi connectivity index (χ3n) is 13.8. The molecule has 4 nitrogen and oxygen atoms in total. The van der Waals surface area contributed by atoms with E-state index in [1.807, 2.05) is 36.4 Å². The van der Waals surface area contributed by atoms with E-state index in [1.165, 1.54) is 44.5 Å². The summed E-state index contributed by atoms with van der Waals surface area (Å²) in [6.45, 7) is 0. The van der Waals surface area contributed by atoms with Gasteiger partial charge in [0.2, 0.25) is 0 Å². The van der Waals surface area contributed by atoms with Crippen molar-refractivity contribution in [1.29, 1.82) is 0 Å². The Kier molecular flexibility index (Phi) is 9.36. The van der Waals surface area contributed by atoms with Crippen LogP contribution in [0.1, 0.15) is 22.3 Å². The van der Waals surface area contributed by atoms with E-state index in [0.717, 1.165) is 56.0 Å². The Labute approximate surface area is 396 Å².